The van der Waals surface area contributed by atoms with Gasteiger partial charge in [0.25, 0.3) is 0 Å². The van der Waals surface area contributed by atoms with E-state index in [1.54, 1.807) is 0 Å². The van der Waals surface area contributed by atoms with Gasteiger partial charge in [0.1, 0.15) is 5.40 Å². The van der Waals surface area contributed by atoms with Crippen LogP contribution in [0.1, 0.15) is 38.5 Å². The molecule has 14 heavy (non-hydrogen) atoms. The van der Waals surface area contributed by atoms with Gasteiger partial charge in [0.05, 0.1) is 5.60 Å². The lowest BCUT2D eigenvalue weighted by atomic mass is 9.54. The third kappa shape index (κ3) is 1.20. The van der Waals surface area contributed by atoms with Crippen LogP contribution in [-0.2, 0) is 0 Å². The highest BCUT2D eigenvalue weighted by atomic mass is 32.2. The standard InChI is InChI=1S/C11H15NOS/c12-7-14-11-4-8-1-9(5-11)3-10(13,2-8)6-11/h8-9,13H,1-6H2/t8-,9+,10?,11?. The van der Waals surface area contributed by atoms with Crippen LogP contribution in [0.4, 0.5) is 0 Å². The maximum Gasteiger partial charge on any atom is 0.133 e. The van der Waals surface area contributed by atoms with Gasteiger partial charge >= 0.3 is 0 Å². The summed E-state index contributed by atoms with van der Waals surface area (Å²) in [5.41, 5.74) is -0.409. The Balaban J connectivity index is 1.93. The lowest BCUT2D eigenvalue weighted by Crippen LogP contribution is -2.57. The summed E-state index contributed by atoms with van der Waals surface area (Å²) in [6.07, 6.45) is 6.50. The van der Waals surface area contributed by atoms with Crippen molar-refractivity contribution in [3.8, 4) is 5.40 Å². The first-order valence-corrected chi connectivity index (χ1v) is 6.24. The molecule has 0 aliphatic heterocycles. The number of nitriles is 1. The minimum Gasteiger partial charge on any atom is -0.390 e. The lowest BCUT2D eigenvalue weighted by Gasteiger charge is -2.59. The molecule has 4 aliphatic rings. The topological polar surface area (TPSA) is 44.0 Å². The molecule has 0 aromatic carbocycles. The van der Waals surface area contributed by atoms with Crippen LogP contribution in [0.15, 0.2) is 0 Å². The van der Waals surface area contributed by atoms with E-state index < -0.39 is 5.60 Å². The predicted octanol–water partition coefficient (Wildman–Crippen LogP) is 2.28. The summed E-state index contributed by atoms with van der Waals surface area (Å²) in [5.74, 6) is 1.39. The van der Waals surface area contributed by atoms with E-state index in [4.69, 9.17) is 5.26 Å². The molecule has 2 unspecified atom stereocenters. The SMILES string of the molecule is N#CSC12C[C@@H]3C[C@@H](CC(O)(C3)C1)C2. The van der Waals surface area contributed by atoms with Crippen molar-refractivity contribution in [2.75, 3.05) is 0 Å². The monoisotopic (exact) mass is 209 g/mol. The molecule has 1 N–H and O–H groups in total. The predicted molar refractivity (Wildman–Crippen MR) is 55.6 cm³/mol. The van der Waals surface area contributed by atoms with Gasteiger partial charge in [-0.3, -0.25) is 0 Å². The van der Waals surface area contributed by atoms with Gasteiger partial charge in [-0.15, -0.1) is 0 Å². The molecule has 0 aromatic heterocycles. The van der Waals surface area contributed by atoms with Crippen LogP contribution in [0.5, 0.6) is 0 Å². The Labute approximate surface area is 88.7 Å². The Bertz CT molecular complexity index is 295. The van der Waals surface area contributed by atoms with Gasteiger partial charge in [-0.05, 0) is 62.1 Å². The van der Waals surface area contributed by atoms with Crippen molar-refractivity contribution in [2.24, 2.45) is 11.8 Å². The van der Waals surface area contributed by atoms with Crippen molar-refractivity contribution in [3.63, 3.8) is 0 Å². The van der Waals surface area contributed by atoms with Crippen LogP contribution in [-0.4, -0.2) is 15.5 Å². The molecule has 4 fully saturated rings. The summed E-state index contributed by atoms with van der Waals surface area (Å²) in [7, 11) is 0. The molecular formula is C11H15NOS. The zero-order chi connectivity index (χ0) is 9.81. The molecule has 0 aromatic rings. The minimum atomic E-state index is -0.409. The Morgan fingerprint density at radius 3 is 2.36 bits per heavy atom. The molecule has 0 amide bonds. The molecule has 3 heteroatoms. The maximum atomic E-state index is 10.4. The van der Waals surface area contributed by atoms with Crippen LogP contribution >= 0.6 is 11.8 Å². The van der Waals surface area contributed by atoms with E-state index in [9.17, 15) is 5.11 Å². The normalized spacial score (nSPS) is 54.6. The quantitative estimate of drug-likeness (QED) is 0.674. The first-order chi connectivity index (χ1) is 6.63. The van der Waals surface area contributed by atoms with E-state index in [0.717, 1.165) is 19.3 Å². The van der Waals surface area contributed by atoms with E-state index in [-0.39, 0.29) is 4.75 Å². The van der Waals surface area contributed by atoms with Crippen LogP contribution in [0, 0.1) is 22.5 Å². The molecule has 0 spiro atoms. The molecular weight excluding hydrogens is 194 g/mol. The maximum absolute atomic E-state index is 10.4. The molecule has 0 saturated heterocycles. The first-order valence-electron chi connectivity index (χ1n) is 5.43. The first kappa shape index (κ1) is 9.06. The fourth-order valence-corrected chi connectivity index (χ4v) is 5.52. The number of hydrogen-bond donors (Lipinski definition) is 1. The van der Waals surface area contributed by atoms with Crippen LogP contribution in [0.2, 0.25) is 0 Å². The third-order valence-corrected chi connectivity index (χ3v) is 5.24. The third-order valence-electron chi connectivity index (χ3n) is 4.24. The van der Waals surface area contributed by atoms with E-state index in [1.165, 1.54) is 31.0 Å². The highest BCUT2D eigenvalue weighted by Gasteiger charge is 2.57. The van der Waals surface area contributed by atoms with E-state index in [2.05, 4.69) is 5.40 Å². The van der Waals surface area contributed by atoms with Gasteiger partial charge in [0, 0.05) is 4.75 Å². The van der Waals surface area contributed by atoms with Gasteiger partial charge < -0.3 is 5.11 Å². The Kier molecular flexibility index (Phi) is 1.73. The van der Waals surface area contributed by atoms with Gasteiger partial charge in [-0.25, -0.2) is 0 Å². The largest absolute Gasteiger partial charge is 0.390 e. The van der Waals surface area contributed by atoms with Gasteiger partial charge in [0.15, 0.2) is 0 Å². The second-order valence-corrected chi connectivity index (χ2v) is 6.81. The summed E-state index contributed by atoms with van der Waals surface area (Å²) >= 11 is 1.43. The molecule has 4 atom stereocenters. The summed E-state index contributed by atoms with van der Waals surface area (Å²) in [5, 5.41) is 21.5. The van der Waals surface area contributed by atoms with Crippen molar-refractivity contribution in [1.29, 1.82) is 5.26 Å². The number of nitrogens with zero attached hydrogens (tertiary/aromatic N) is 1. The molecule has 76 valence electrons. The zero-order valence-electron chi connectivity index (χ0n) is 8.20. The molecule has 2 nitrogen and oxygen atoms in total. The van der Waals surface area contributed by atoms with Crippen LogP contribution in [0.25, 0.3) is 0 Å². The Hall–Kier alpha value is -0.200. The van der Waals surface area contributed by atoms with E-state index in [0.29, 0.717) is 11.8 Å². The van der Waals surface area contributed by atoms with E-state index in [1.807, 2.05) is 0 Å². The summed E-state index contributed by atoms with van der Waals surface area (Å²) < 4.78 is 0.119. The number of rotatable bonds is 1. The van der Waals surface area contributed by atoms with Crippen molar-refractivity contribution < 1.29 is 5.11 Å². The van der Waals surface area contributed by atoms with E-state index >= 15 is 0 Å². The summed E-state index contributed by atoms with van der Waals surface area (Å²) in [6.45, 7) is 0. The van der Waals surface area contributed by atoms with Gasteiger partial charge in [0.2, 0.25) is 0 Å². The summed E-state index contributed by atoms with van der Waals surface area (Å²) in [6, 6.07) is 0. The lowest BCUT2D eigenvalue weighted by molar-refractivity contribution is -0.113. The highest BCUT2D eigenvalue weighted by molar-refractivity contribution is 8.05. The number of aliphatic hydroxyl groups is 1. The smallest absolute Gasteiger partial charge is 0.133 e. The number of thioether (sulfide) groups is 1. The van der Waals surface area contributed by atoms with Crippen molar-refractivity contribution in [1.82, 2.24) is 0 Å². The van der Waals surface area contributed by atoms with Crippen LogP contribution < -0.4 is 0 Å². The Morgan fingerprint density at radius 1 is 1.21 bits per heavy atom. The van der Waals surface area contributed by atoms with Crippen molar-refractivity contribution >= 4 is 11.8 Å². The average molecular weight is 209 g/mol. The van der Waals surface area contributed by atoms with Gasteiger partial charge in [-0.2, -0.15) is 5.26 Å². The van der Waals surface area contributed by atoms with Gasteiger partial charge in [-0.1, -0.05) is 0 Å². The number of thiocyanates is 1. The molecule has 0 radical (unpaired) electrons. The molecule has 0 heterocycles. The zero-order valence-corrected chi connectivity index (χ0v) is 9.02. The fourth-order valence-electron chi connectivity index (χ4n) is 4.35. The Morgan fingerprint density at radius 2 is 1.86 bits per heavy atom. The second kappa shape index (κ2) is 2.68. The highest BCUT2D eigenvalue weighted by Crippen LogP contribution is 2.61. The summed E-state index contributed by atoms with van der Waals surface area (Å²) in [4.78, 5) is 0. The fraction of sp³-hybridized carbons (Fsp3) is 0.909. The molecule has 4 bridgehead atoms. The second-order valence-electron chi connectivity index (χ2n) is 5.56. The number of hydrogen-bond acceptors (Lipinski definition) is 3. The van der Waals surface area contributed by atoms with Crippen molar-refractivity contribution in [2.45, 2.75) is 48.9 Å². The molecule has 4 rings (SSSR count). The van der Waals surface area contributed by atoms with Crippen molar-refractivity contribution in [3.05, 3.63) is 0 Å². The average Bonchev–Trinajstić information content (AvgIpc) is 1.97. The minimum absolute atomic E-state index is 0.119. The van der Waals surface area contributed by atoms with Crippen LogP contribution in [0.3, 0.4) is 0 Å². The molecule has 4 saturated carbocycles. The molecule has 4 aliphatic carbocycles.